The van der Waals surface area contributed by atoms with Gasteiger partial charge in [0.15, 0.2) is 11.5 Å². The molecular weight excluding hydrogens is 276 g/mol. The van der Waals surface area contributed by atoms with Gasteiger partial charge in [-0.2, -0.15) is 0 Å². The van der Waals surface area contributed by atoms with Gasteiger partial charge in [-0.25, -0.2) is 9.42 Å². The van der Waals surface area contributed by atoms with Crippen LogP contribution in [0, 0.1) is 0 Å². The van der Waals surface area contributed by atoms with E-state index < -0.39 is 6.03 Å². The fraction of sp³-hybridized carbons (Fsp3) is 0.167. The standard InChI is InChI=1S/C12H14N6O3/c13-10(16-20)9-11(18-21-17-9)15-12(19)14-7-6-8-4-2-1-3-5-8/h1-5,20H,6-7H2,(H2,13,16)(H2,14,15,18,19). The lowest BCUT2D eigenvalue weighted by atomic mass is 10.1. The van der Waals surface area contributed by atoms with Crippen molar-refractivity contribution < 1.29 is 14.6 Å². The van der Waals surface area contributed by atoms with Gasteiger partial charge in [0, 0.05) is 6.54 Å². The summed E-state index contributed by atoms with van der Waals surface area (Å²) in [7, 11) is 0. The topological polar surface area (TPSA) is 139 Å². The summed E-state index contributed by atoms with van der Waals surface area (Å²) in [5, 5.41) is 23.3. The van der Waals surface area contributed by atoms with Crippen LogP contribution < -0.4 is 16.4 Å². The summed E-state index contributed by atoms with van der Waals surface area (Å²) < 4.78 is 4.43. The average Bonchev–Trinajstić information content (AvgIpc) is 2.95. The molecule has 2 rings (SSSR count). The maximum Gasteiger partial charge on any atom is 0.320 e. The zero-order valence-electron chi connectivity index (χ0n) is 11.0. The van der Waals surface area contributed by atoms with Crippen LogP contribution in [-0.2, 0) is 6.42 Å². The van der Waals surface area contributed by atoms with Crippen molar-refractivity contribution >= 4 is 17.7 Å². The van der Waals surface area contributed by atoms with E-state index in [0.29, 0.717) is 13.0 Å². The van der Waals surface area contributed by atoms with Crippen molar-refractivity contribution in [1.82, 2.24) is 15.6 Å². The third-order valence-electron chi connectivity index (χ3n) is 2.61. The van der Waals surface area contributed by atoms with Gasteiger partial charge in [-0.15, -0.1) is 0 Å². The zero-order chi connectivity index (χ0) is 15.1. The Balaban J connectivity index is 1.84. The molecule has 21 heavy (non-hydrogen) atoms. The number of hydrogen-bond donors (Lipinski definition) is 4. The van der Waals surface area contributed by atoms with Gasteiger partial charge >= 0.3 is 6.03 Å². The van der Waals surface area contributed by atoms with E-state index in [0.717, 1.165) is 5.56 Å². The summed E-state index contributed by atoms with van der Waals surface area (Å²) in [6.45, 7) is 0.444. The molecule has 0 unspecified atom stereocenters. The monoisotopic (exact) mass is 290 g/mol. The van der Waals surface area contributed by atoms with Crippen LogP contribution in [0.25, 0.3) is 0 Å². The lowest BCUT2D eigenvalue weighted by molar-refractivity contribution is 0.251. The molecule has 0 saturated carbocycles. The van der Waals surface area contributed by atoms with Gasteiger partial charge in [0.2, 0.25) is 5.82 Å². The van der Waals surface area contributed by atoms with Crippen molar-refractivity contribution in [2.45, 2.75) is 6.42 Å². The molecule has 0 aliphatic carbocycles. The van der Waals surface area contributed by atoms with Gasteiger partial charge in [-0.05, 0) is 22.3 Å². The molecule has 0 bridgehead atoms. The van der Waals surface area contributed by atoms with Crippen LogP contribution in [0.4, 0.5) is 10.6 Å². The van der Waals surface area contributed by atoms with E-state index in [2.05, 4.69) is 30.7 Å². The first-order valence-corrected chi connectivity index (χ1v) is 6.10. The Morgan fingerprint density at radius 2 is 2.10 bits per heavy atom. The first-order valence-electron chi connectivity index (χ1n) is 6.10. The van der Waals surface area contributed by atoms with Crippen LogP contribution in [0.2, 0.25) is 0 Å². The number of urea groups is 1. The Hall–Kier alpha value is -3.10. The molecular formula is C12H14N6O3. The van der Waals surface area contributed by atoms with Gasteiger partial charge in [-0.3, -0.25) is 5.32 Å². The number of aromatic nitrogens is 2. The highest BCUT2D eigenvalue weighted by molar-refractivity contribution is 6.02. The summed E-state index contributed by atoms with van der Waals surface area (Å²) in [5.41, 5.74) is 6.42. The number of carbonyl (C=O) groups excluding carboxylic acids is 1. The minimum absolute atomic E-state index is 0.0255. The second-order valence-electron chi connectivity index (χ2n) is 4.06. The Bertz CT molecular complexity index is 625. The van der Waals surface area contributed by atoms with Crippen molar-refractivity contribution in [2.24, 2.45) is 10.9 Å². The Morgan fingerprint density at radius 1 is 1.33 bits per heavy atom. The minimum Gasteiger partial charge on any atom is -0.409 e. The second kappa shape index (κ2) is 6.89. The summed E-state index contributed by atoms with van der Waals surface area (Å²) in [5.74, 6) is -0.335. The van der Waals surface area contributed by atoms with Crippen LogP contribution in [-0.4, -0.2) is 33.9 Å². The molecule has 2 amide bonds. The number of anilines is 1. The van der Waals surface area contributed by atoms with Crippen molar-refractivity contribution in [3.8, 4) is 0 Å². The predicted octanol–water partition coefficient (Wildman–Crippen LogP) is 0.528. The number of oxime groups is 1. The molecule has 5 N–H and O–H groups in total. The summed E-state index contributed by atoms with van der Waals surface area (Å²) in [6, 6.07) is 9.23. The molecule has 1 heterocycles. The number of nitrogens with two attached hydrogens (primary N) is 1. The third-order valence-corrected chi connectivity index (χ3v) is 2.61. The smallest absolute Gasteiger partial charge is 0.320 e. The van der Waals surface area contributed by atoms with Crippen molar-refractivity contribution in [1.29, 1.82) is 0 Å². The molecule has 0 atom stereocenters. The fourth-order valence-electron chi connectivity index (χ4n) is 1.60. The minimum atomic E-state index is -0.492. The molecule has 110 valence electrons. The molecule has 0 radical (unpaired) electrons. The molecule has 0 aliphatic rings. The molecule has 0 saturated heterocycles. The quantitative estimate of drug-likeness (QED) is 0.274. The molecule has 9 nitrogen and oxygen atoms in total. The lowest BCUT2D eigenvalue weighted by Crippen LogP contribution is -2.31. The number of rotatable bonds is 5. The Kier molecular flexibility index (Phi) is 4.70. The van der Waals surface area contributed by atoms with Gasteiger partial charge in [0.1, 0.15) is 0 Å². The van der Waals surface area contributed by atoms with Gasteiger partial charge in [0.05, 0.1) is 0 Å². The van der Waals surface area contributed by atoms with Crippen LogP contribution in [0.15, 0.2) is 40.1 Å². The van der Waals surface area contributed by atoms with Gasteiger partial charge in [-0.1, -0.05) is 35.5 Å². The Morgan fingerprint density at radius 3 is 2.81 bits per heavy atom. The number of nitrogens with zero attached hydrogens (tertiary/aromatic N) is 3. The van der Waals surface area contributed by atoms with Crippen molar-refractivity contribution in [3.05, 3.63) is 41.6 Å². The molecule has 2 aromatic rings. The lowest BCUT2D eigenvalue weighted by Gasteiger charge is -2.05. The maximum atomic E-state index is 11.7. The molecule has 0 aliphatic heterocycles. The molecule has 1 aromatic carbocycles. The first kappa shape index (κ1) is 14.3. The maximum absolute atomic E-state index is 11.7. The normalized spacial score (nSPS) is 11.1. The van der Waals surface area contributed by atoms with Gasteiger partial charge in [0.25, 0.3) is 0 Å². The van der Waals surface area contributed by atoms with E-state index in [1.807, 2.05) is 30.3 Å². The highest BCUT2D eigenvalue weighted by atomic mass is 16.6. The third kappa shape index (κ3) is 3.93. The van der Waals surface area contributed by atoms with Crippen LogP contribution in [0.3, 0.4) is 0 Å². The van der Waals surface area contributed by atoms with E-state index in [1.54, 1.807) is 0 Å². The SMILES string of the molecule is N/C(=N\O)c1nonc1NC(=O)NCCc1ccccc1. The molecule has 1 aromatic heterocycles. The zero-order valence-corrected chi connectivity index (χ0v) is 11.0. The number of benzene rings is 1. The first-order chi connectivity index (χ1) is 10.2. The van der Waals surface area contributed by atoms with Crippen LogP contribution in [0.1, 0.15) is 11.3 Å². The average molecular weight is 290 g/mol. The van der Waals surface area contributed by atoms with E-state index >= 15 is 0 Å². The van der Waals surface area contributed by atoms with Crippen LogP contribution in [0.5, 0.6) is 0 Å². The molecule has 0 spiro atoms. The van der Waals surface area contributed by atoms with E-state index in [1.165, 1.54) is 0 Å². The number of hydrogen-bond acceptors (Lipinski definition) is 6. The molecule has 9 heteroatoms. The second-order valence-corrected chi connectivity index (χ2v) is 4.06. The largest absolute Gasteiger partial charge is 0.409 e. The summed E-state index contributed by atoms with van der Waals surface area (Å²) in [6.07, 6.45) is 0.693. The highest BCUT2D eigenvalue weighted by Gasteiger charge is 2.16. The summed E-state index contributed by atoms with van der Waals surface area (Å²) in [4.78, 5) is 11.7. The van der Waals surface area contributed by atoms with Crippen molar-refractivity contribution in [2.75, 3.05) is 11.9 Å². The number of amidine groups is 1. The van der Waals surface area contributed by atoms with E-state index in [4.69, 9.17) is 10.9 Å². The molecule has 0 fully saturated rings. The Labute approximate surface area is 119 Å². The number of carbonyl (C=O) groups is 1. The fourth-order valence-corrected chi connectivity index (χ4v) is 1.60. The van der Waals surface area contributed by atoms with Gasteiger partial charge < -0.3 is 16.3 Å². The predicted molar refractivity (Wildman–Crippen MR) is 74.0 cm³/mol. The number of amides is 2. The summed E-state index contributed by atoms with van der Waals surface area (Å²) >= 11 is 0. The number of nitrogens with one attached hydrogen (secondary N) is 2. The van der Waals surface area contributed by atoms with Crippen molar-refractivity contribution in [3.63, 3.8) is 0 Å². The highest BCUT2D eigenvalue weighted by Crippen LogP contribution is 2.08. The van der Waals surface area contributed by atoms with E-state index in [-0.39, 0.29) is 17.3 Å². The van der Waals surface area contributed by atoms with Crippen LogP contribution >= 0.6 is 0 Å². The van der Waals surface area contributed by atoms with E-state index in [9.17, 15) is 4.79 Å².